The van der Waals surface area contributed by atoms with Gasteiger partial charge in [0.25, 0.3) is 5.97 Å². The maximum absolute atomic E-state index is 8.36. The molecule has 0 rings (SSSR count). The van der Waals surface area contributed by atoms with Crippen LogP contribution in [0.3, 0.4) is 0 Å². The fourth-order valence-corrected chi connectivity index (χ4v) is 0.999. The summed E-state index contributed by atoms with van der Waals surface area (Å²) in [7, 11) is 0. The number of aliphatic hydroxyl groups excluding tert-OH is 1. The summed E-state index contributed by atoms with van der Waals surface area (Å²) in [6.45, 7) is 4.02. The average molecular weight is 238 g/mol. The van der Waals surface area contributed by atoms with Gasteiger partial charge in [0, 0.05) is 6.42 Å². The van der Waals surface area contributed by atoms with E-state index >= 15 is 0 Å². The molecule has 0 aromatic heterocycles. The van der Waals surface area contributed by atoms with Crippen molar-refractivity contribution in [2.45, 2.75) is 71.1 Å². The van der Waals surface area contributed by atoms with Crippen LogP contribution in [0, 0.1) is 0 Å². The lowest BCUT2D eigenvalue weighted by molar-refractivity contribution is -0.314. The van der Waals surface area contributed by atoms with Gasteiger partial charge in [-0.1, -0.05) is 33.1 Å². The van der Waals surface area contributed by atoms with Crippen LogP contribution in [0.2, 0.25) is 0 Å². The van der Waals surface area contributed by atoms with E-state index < -0.39 is 12.3 Å². The quantitative estimate of drug-likeness (QED) is 0.332. The SMILES string of the molecule is CCCCC(O)O.CCCCCC(O)(O)O. The average Bonchev–Trinajstić information content (AvgIpc) is 2.14. The highest BCUT2D eigenvalue weighted by Gasteiger charge is 2.15. The zero-order valence-electron chi connectivity index (χ0n) is 10.3. The van der Waals surface area contributed by atoms with Crippen LogP contribution in [0.15, 0.2) is 0 Å². The van der Waals surface area contributed by atoms with Gasteiger partial charge in [0.05, 0.1) is 0 Å². The van der Waals surface area contributed by atoms with Crippen LogP contribution in [0.1, 0.15) is 58.8 Å². The summed E-state index contributed by atoms with van der Waals surface area (Å²) in [6, 6.07) is 0. The summed E-state index contributed by atoms with van der Waals surface area (Å²) in [5, 5.41) is 41.5. The van der Waals surface area contributed by atoms with Gasteiger partial charge in [-0.25, -0.2) is 0 Å². The van der Waals surface area contributed by atoms with E-state index in [-0.39, 0.29) is 6.42 Å². The molecule has 0 saturated carbocycles. The van der Waals surface area contributed by atoms with Crippen molar-refractivity contribution in [1.82, 2.24) is 0 Å². The van der Waals surface area contributed by atoms with Crippen LogP contribution in [0.5, 0.6) is 0 Å². The molecule has 0 bridgehead atoms. The molecule has 0 unspecified atom stereocenters. The number of aliphatic hydroxyl groups is 5. The van der Waals surface area contributed by atoms with Crippen molar-refractivity contribution >= 4 is 0 Å². The standard InChI is InChI=1S/C6H14O3.C5H12O2/c1-2-3-4-5-6(7,8)9;1-2-3-4-5(6)7/h7-9H,2-5H2,1H3;5-7H,2-4H2,1H3. The summed E-state index contributed by atoms with van der Waals surface area (Å²) < 4.78 is 0. The second-order valence-electron chi connectivity index (χ2n) is 3.85. The first-order valence-corrected chi connectivity index (χ1v) is 5.86. The molecule has 0 fully saturated rings. The normalized spacial score (nSPS) is 11.2. The fourth-order valence-electron chi connectivity index (χ4n) is 0.999. The first-order valence-electron chi connectivity index (χ1n) is 5.86. The van der Waals surface area contributed by atoms with Gasteiger partial charge in [-0.05, 0) is 19.3 Å². The molecule has 0 aliphatic heterocycles. The molecule has 100 valence electrons. The van der Waals surface area contributed by atoms with Gasteiger partial charge < -0.3 is 25.5 Å². The minimum absolute atomic E-state index is 0.0425. The highest BCUT2D eigenvalue weighted by Crippen LogP contribution is 2.07. The third-order valence-corrected chi connectivity index (χ3v) is 1.93. The molecular weight excluding hydrogens is 212 g/mol. The molecular formula is C11H26O5. The molecule has 0 amide bonds. The van der Waals surface area contributed by atoms with E-state index in [1.807, 2.05) is 13.8 Å². The smallest absolute Gasteiger partial charge is 0.275 e. The molecule has 0 atom stereocenters. The van der Waals surface area contributed by atoms with Crippen molar-refractivity contribution in [2.24, 2.45) is 0 Å². The van der Waals surface area contributed by atoms with E-state index in [1.54, 1.807) is 0 Å². The summed E-state index contributed by atoms with van der Waals surface area (Å²) >= 11 is 0. The fraction of sp³-hybridized carbons (Fsp3) is 1.00. The Morgan fingerprint density at radius 3 is 1.62 bits per heavy atom. The summed E-state index contributed by atoms with van der Waals surface area (Å²) in [6.07, 6.45) is 3.96. The summed E-state index contributed by atoms with van der Waals surface area (Å²) in [5.41, 5.74) is 0. The number of rotatable bonds is 7. The van der Waals surface area contributed by atoms with E-state index in [0.29, 0.717) is 12.8 Å². The van der Waals surface area contributed by atoms with Crippen molar-refractivity contribution in [3.8, 4) is 0 Å². The van der Waals surface area contributed by atoms with Gasteiger partial charge in [-0.3, -0.25) is 0 Å². The van der Waals surface area contributed by atoms with E-state index in [0.717, 1.165) is 25.7 Å². The Kier molecular flexibility index (Phi) is 12.8. The molecule has 0 aromatic rings. The number of hydrogen-bond donors (Lipinski definition) is 5. The maximum atomic E-state index is 8.36. The highest BCUT2D eigenvalue weighted by atomic mass is 16.7. The molecule has 5 N–H and O–H groups in total. The lowest BCUT2D eigenvalue weighted by atomic mass is 10.2. The number of hydrogen-bond acceptors (Lipinski definition) is 5. The third-order valence-electron chi connectivity index (χ3n) is 1.93. The largest absolute Gasteiger partial charge is 0.368 e. The Labute approximate surface area is 97.4 Å². The van der Waals surface area contributed by atoms with Crippen molar-refractivity contribution in [2.75, 3.05) is 0 Å². The van der Waals surface area contributed by atoms with Gasteiger partial charge in [0.2, 0.25) is 0 Å². The predicted octanol–water partition coefficient (Wildman–Crippen LogP) is 0.685. The minimum atomic E-state index is -2.45. The second-order valence-corrected chi connectivity index (χ2v) is 3.85. The molecule has 0 aliphatic rings. The van der Waals surface area contributed by atoms with Crippen LogP contribution in [-0.4, -0.2) is 37.8 Å². The first-order chi connectivity index (χ1) is 7.33. The van der Waals surface area contributed by atoms with Gasteiger partial charge in [0.15, 0.2) is 6.29 Å². The molecule has 16 heavy (non-hydrogen) atoms. The molecule has 0 radical (unpaired) electrons. The maximum Gasteiger partial charge on any atom is 0.275 e. The van der Waals surface area contributed by atoms with Crippen molar-refractivity contribution in [1.29, 1.82) is 0 Å². The topological polar surface area (TPSA) is 101 Å². The van der Waals surface area contributed by atoms with Crippen LogP contribution < -0.4 is 0 Å². The second kappa shape index (κ2) is 11.3. The van der Waals surface area contributed by atoms with Crippen molar-refractivity contribution in [3.05, 3.63) is 0 Å². The Morgan fingerprint density at radius 1 is 0.875 bits per heavy atom. The molecule has 5 heteroatoms. The third kappa shape index (κ3) is 23.5. The Morgan fingerprint density at radius 2 is 1.38 bits per heavy atom. The summed E-state index contributed by atoms with van der Waals surface area (Å²) in [4.78, 5) is 0. The zero-order chi connectivity index (χ0) is 13.0. The molecule has 0 aromatic carbocycles. The van der Waals surface area contributed by atoms with Crippen LogP contribution in [0.25, 0.3) is 0 Å². The van der Waals surface area contributed by atoms with Crippen LogP contribution in [0.4, 0.5) is 0 Å². The Balaban J connectivity index is 0. The lowest BCUT2D eigenvalue weighted by Gasteiger charge is -2.12. The molecule has 0 saturated heterocycles. The van der Waals surface area contributed by atoms with Gasteiger partial charge in [0.1, 0.15) is 0 Å². The Bertz CT molecular complexity index is 131. The monoisotopic (exact) mass is 238 g/mol. The highest BCUT2D eigenvalue weighted by molar-refractivity contribution is 4.47. The number of unbranched alkanes of at least 4 members (excludes halogenated alkanes) is 3. The van der Waals surface area contributed by atoms with E-state index in [9.17, 15) is 0 Å². The van der Waals surface area contributed by atoms with Gasteiger partial charge >= 0.3 is 0 Å². The van der Waals surface area contributed by atoms with E-state index in [4.69, 9.17) is 25.5 Å². The summed E-state index contributed by atoms with van der Waals surface area (Å²) in [5.74, 6) is -2.45. The first kappa shape index (κ1) is 18.2. The molecule has 0 spiro atoms. The van der Waals surface area contributed by atoms with Crippen molar-refractivity contribution in [3.63, 3.8) is 0 Å². The minimum Gasteiger partial charge on any atom is -0.368 e. The van der Waals surface area contributed by atoms with E-state index in [2.05, 4.69) is 0 Å². The van der Waals surface area contributed by atoms with E-state index in [1.165, 1.54) is 0 Å². The zero-order valence-corrected chi connectivity index (χ0v) is 10.3. The molecule has 0 heterocycles. The molecule has 5 nitrogen and oxygen atoms in total. The lowest BCUT2D eigenvalue weighted by Crippen LogP contribution is -2.26. The van der Waals surface area contributed by atoms with Crippen LogP contribution in [-0.2, 0) is 0 Å². The predicted molar refractivity (Wildman–Crippen MR) is 61.3 cm³/mol. The van der Waals surface area contributed by atoms with Gasteiger partial charge in [-0.15, -0.1) is 0 Å². The van der Waals surface area contributed by atoms with Crippen molar-refractivity contribution < 1.29 is 25.5 Å². The Hall–Kier alpha value is -0.200. The van der Waals surface area contributed by atoms with Gasteiger partial charge in [-0.2, -0.15) is 0 Å². The molecule has 0 aliphatic carbocycles. The van der Waals surface area contributed by atoms with Crippen LogP contribution >= 0.6 is 0 Å².